The Morgan fingerprint density at radius 1 is 1.43 bits per heavy atom. The fraction of sp³-hybridized carbons (Fsp3) is 0.467. The summed E-state index contributed by atoms with van der Waals surface area (Å²) < 4.78 is 0. The Morgan fingerprint density at radius 3 is 2.52 bits per heavy atom. The second-order valence-corrected chi connectivity index (χ2v) is 5.91. The average Bonchev–Trinajstić information content (AvgIpc) is 2.47. The van der Waals surface area contributed by atoms with Crippen molar-refractivity contribution >= 4 is 40.6 Å². The van der Waals surface area contributed by atoms with Gasteiger partial charge in [0.1, 0.15) is 11.0 Å². The molecule has 0 bridgehead atoms. The number of amides is 1. The quantitative estimate of drug-likeness (QED) is 0.596. The number of hydrogen-bond acceptors (Lipinski definition) is 4. The molecule has 1 rings (SSSR count). The Labute approximate surface area is 136 Å². The number of hydrogen-bond donors (Lipinski definition) is 2. The summed E-state index contributed by atoms with van der Waals surface area (Å²) >= 11 is 6.73. The zero-order valence-electron chi connectivity index (χ0n) is 13.0. The lowest BCUT2D eigenvalue weighted by Gasteiger charge is -2.25. The normalized spacial score (nSPS) is 11.8. The predicted octanol–water partition coefficient (Wildman–Crippen LogP) is 2.71. The van der Waals surface area contributed by atoms with Crippen LogP contribution in [0.4, 0.5) is 5.69 Å². The molecule has 0 aliphatic heterocycles. The Morgan fingerprint density at radius 2 is 2.05 bits per heavy atom. The van der Waals surface area contributed by atoms with Gasteiger partial charge >= 0.3 is 0 Å². The fourth-order valence-corrected chi connectivity index (χ4v) is 3.10. The van der Waals surface area contributed by atoms with E-state index in [0.717, 1.165) is 16.1 Å². The smallest absolute Gasteiger partial charge is 0.244 e. The van der Waals surface area contributed by atoms with Crippen LogP contribution in [0.1, 0.15) is 26.3 Å². The van der Waals surface area contributed by atoms with Crippen molar-refractivity contribution in [3.05, 3.63) is 23.8 Å². The molecule has 0 heterocycles. The van der Waals surface area contributed by atoms with Gasteiger partial charge in [-0.3, -0.25) is 4.79 Å². The van der Waals surface area contributed by atoms with Gasteiger partial charge in [0, 0.05) is 29.2 Å². The van der Waals surface area contributed by atoms with E-state index in [1.165, 1.54) is 0 Å². The largest absolute Gasteiger partial charge is 0.389 e. The molecule has 0 radical (unpaired) electrons. The van der Waals surface area contributed by atoms with Gasteiger partial charge in [-0.25, -0.2) is 0 Å². The van der Waals surface area contributed by atoms with Crippen LogP contribution in [0.3, 0.4) is 0 Å². The van der Waals surface area contributed by atoms with Gasteiger partial charge in [0.15, 0.2) is 0 Å². The maximum atomic E-state index is 12.3. The number of rotatable bonds is 7. The highest BCUT2D eigenvalue weighted by Gasteiger charge is 2.20. The van der Waals surface area contributed by atoms with Gasteiger partial charge in [0.05, 0.1) is 0 Å². The van der Waals surface area contributed by atoms with E-state index < -0.39 is 0 Å². The molecule has 0 aliphatic carbocycles. The second-order valence-electron chi connectivity index (χ2n) is 4.62. The van der Waals surface area contributed by atoms with Gasteiger partial charge in [0.25, 0.3) is 0 Å². The van der Waals surface area contributed by atoms with Crippen molar-refractivity contribution in [1.82, 2.24) is 4.90 Å². The first-order chi connectivity index (χ1) is 9.96. The summed E-state index contributed by atoms with van der Waals surface area (Å²) in [7, 11) is 0. The van der Waals surface area contributed by atoms with Crippen molar-refractivity contribution in [3.8, 4) is 0 Å². The molecule has 1 aromatic carbocycles. The molecule has 0 aliphatic rings. The summed E-state index contributed by atoms with van der Waals surface area (Å²) in [5.74, 6) is 0.0726. The van der Waals surface area contributed by atoms with Crippen LogP contribution in [-0.2, 0) is 4.79 Å². The Bertz CT molecular complexity index is 516. The zero-order chi connectivity index (χ0) is 16.0. The van der Waals surface area contributed by atoms with Gasteiger partial charge in [-0.2, -0.15) is 0 Å². The van der Waals surface area contributed by atoms with Crippen LogP contribution in [0.5, 0.6) is 0 Å². The number of nitrogens with zero attached hydrogens (tertiary/aromatic N) is 1. The number of thiocarbonyl (C=S) groups is 1. The molecule has 1 atom stereocenters. The minimum Gasteiger partial charge on any atom is -0.389 e. The van der Waals surface area contributed by atoms with Crippen LogP contribution in [0.15, 0.2) is 23.1 Å². The first kappa shape index (κ1) is 17.8. The highest BCUT2D eigenvalue weighted by molar-refractivity contribution is 7.98. The average molecular weight is 326 g/mol. The van der Waals surface area contributed by atoms with E-state index in [1.807, 2.05) is 45.2 Å². The third-order valence-corrected chi connectivity index (χ3v) is 4.29. The summed E-state index contributed by atoms with van der Waals surface area (Å²) in [5, 5.41) is 3.24. The number of anilines is 1. The van der Waals surface area contributed by atoms with E-state index in [-0.39, 0.29) is 11.9 Å². The first-order valence-corrected chi connectivity index (χ1v) is 8.61. The molecule has 21 heavy (non-hydrogen) atoms. The molecule has 6 heteroatoms. The molecule has 3 N–H and O–H groups in total. The van der Waals surface area contributed by atoms with Gasteiger partial charge < -0.3 is 16.0 Å². The van der Waals surface area contributed by atoms with Crippen LogP contribution in [-0.4, -0.2) is 41.2 Å². The number of carbonyl (C=O) groups excluding carboxylic acids is 1. The lowest BCUT2D eigenvalue weighted by molar-refractivity contribution is -0.131. The minimum atomic E-state index is -0.324. The number of thioether (sulfide) groups is 1. The summed E-state index contributed by atoms with van der Waals surface area (Å²) in [6.45, 7) is 7.21. The van der Waals surface area contributed by atoms with Crippen molar-refractivity contribution in [2.24, 2.45) is 5.73 Å². The van der Waals surface area contributed by atoms with Gasteiger partial charge in [-0.15, -0.1) is 11.8 Å². The van der Waals surface area contributed by atoms with Crippen LogP contribution in [0.25, 0.3) is 0 Å². The topological polar surface area (TPSA) is 58.4 Å². The Kier molecular flexibility index (Phi) is 6.98. The Balaban J connectivity index is 3.02. The van der Waals surface area contributed by atoms with Gasteiger partial charge in [-0.1, -0.05) is 18.3 Å². The lowest BCUT2D eigenvalue weighted by Crippen LogP contribution is -2.41. The molecule has 0 aromatic heterocycles. The maximum Gasteiger partial charge on any atom is 0.244 e. The second kappa shape index (κ2) is 8.24. The number of nitrogens with one attached hydrogen (secondary N) is 1. The van der Waals surface area contributed by atoms with Crippen molar-refractivity contribution in [2.45, 2.75) is 31.7 Å². The van der Waals surface area contributed by atoms with Crippen molar-refractivity contribution in [2.75, 3.05) is 24.7 Å². The number of nitrogens with two attached hydrogens (primary N) is 1. The molecular weight excluding hydrogens is 302 g/mol. The molecule has 0 fully saturated rings. The van der Waals surface area contributed by atoms with Crippen molar-refractivity contribution in [3.63, 3.8) is 0 Å². The van der Waals surface area contributed by atoms with E-state index >= 15 is 0 Å². The minimum absolute atomic E-state index is 0.0726. The van der Waals surface area contributed by atoms with E-state index in [2.05, 4.69) is 5.32 Å². The standard InChI is InChI=1S/C15H23N3OS2/c1-5-18(6-2)15(19)10(3)17-11-8-7-9-12(21-4)13(11)14(16)20/h7-10,17H,5-6H2,1-4H3,(H2,16,20). The third-order valence-electron chi connectivity index (χ3n) is 3.31. The molecule has 1 amide bonds. The SMILES string of the molecule is CCN(CC)C(=O)C(C)Nc1cccc(SC)c1C(N)=S. The van der Waals surface area contributed by atoms with Crippen LogP contribution < -0.4 is 11.1 Å². The number of likely N-dealkylation sites (N-methyl/N-ethyl adjacent to an activating group) is 1. The van der Waals surface area contributed by atoms with E-state index in [4.69, 9.17) is 18.0 Å². The summed E-state index contributed by atoms with van der Waals surface area (Å²) in [5.41, 5.74) is 7.45. The van der Waals surface area contributed by atoms with E-state index in [9.17, 15) is 4.79 Å². The Hall–Kier alpha value is -1.27. The summed E-state index contributed by atoms with van der Waals surface area (Å²) in [6.07, 6.45) is 1.98. The van der Waals surface area contributed by atoms with Gasteiger partial charge in [-0.05, 0) is 39.2 Å². The van der Waals surface area contributed by atoms with Crippen LogP contribution >= 0.6 is 24.0 Å². The highest BCUT2D eigenvalue weighted by atomic mass is 32.2. The molecule has 0 saturated carbocycles. The fourth-order valence-electron chi connectivity index (χ4n) is 2.18. The first-order valence-electron chi connectivity index (χ1n) is 6.98. The van der Waals surface area contributed by atoms with E-state index in [1.54, 1.807) is 16.7 Å². The maximum absolute atomic E-state index is 12.3. The van der Waals surface area contributed by atoms with Crippen LogP contribution in [0.2, 0.25) is 0 Å². The number of carbonyl (C=O) groups is 1. The molecule has 116 valence electrons. The predicted molar refractivity (Wildman–Crippen MR) is 95.1 cm³/mol. The molecule has 0 spiro atoms. The van der Waals surface area contributed by atoms with Crippen molar-refractivity contribution < 1.29 is 4.79 Å². The molecule has 0 saturated heterocycles. The van der Waals surface area contributed by atoms with Gasteiger partial charge in [0.2, 0.25) is 5.91 Å². The molecular formula is C15H23N3OS2. The third kappa shape index (κ3) is 4.35. The molecule has 1 aromatic rings. The molecule has 1 unspecified atom stereocenters. The highest BCUT2D eigenvalue weighted by Crippen LogP contribution is 2.27. The van der Waals surface area contributed by atoms with E-state index in [0.29, 0.717) is 18.1 Å². The summed E-state index contributed by atoms with van der Waals surface area (Å²) in [4.78, 5) is 15.5. The lowest BCUT2D eigenvalue weighted by atomic mass is 10.1. The monoisotopic (exact) mass is 325 g/mol. The van der Waals surface area contributed by atoms with Crippen molar-refractivity contribution in [1.29, 1.82) is 0 Å². The van der Waals surface area contributed by atoms with Crippen LogP contribution in [0, 0.1) is 0 Å². The zero-order valence-corrected chi connectivity index (χ0v) is 14.6. The molecule has 4 nitrogen and oxygen atoms in total. The number of benzene rings is 1. The summed E-state index contributed by atoms with van der Waals surface area (Å²) in [6, 6.07) is 5.49.